The summed E-state index contributed by atoms with van der Waals surface area (Å²) >= 11 is 3.50. The Kier molecular flexibility index (Phi) is 5.43. The highest BCUT2D eigenvalue weighted by molar-refractivity contribution is 9.10. The van der Waals surface area contributed by atoms with Crippen molar-refractivity contribution < 1.29 is 4.74 Å². The number of rotatable bonds is 6. The monoisotopic (exact) mass is 319 g/mol. The van der Waals surface area contributed by atoms with Crippen molar-refractivity contribution in [3.05, 3.63) is 64.1 Å². The molecule has 0 radical (unpaired) electrons. The molecule has 0 bridgehead atoms. The van der Waals surface area contributed by atoms with Crippen molar-refractivity contribution in [2.75, 3.05) is 6.54 Å². The van der Waals surface area contributed by atoms with E-state index in [0.29, 0.717) is 13.2 Å². The minimum absolute atomic E-state index is 0.595. The van der Waals surface area contributed by atoms with E-state index in [0.717, 1.165) is 23.1 Å². The maximum absolute atomic E-state index is 5.91. The summed E-state index contributed by atoms with van der Waals surface area (Å²) in [4.78, 5) is 0. The van der Waals surface area contributed by atoms with E-state index >= 15 is 0 Å². The van der Waals surface area contributed by atoms with Crippen LogP contribution in [0.4, 0.5) is 0 Å². The summed E-state index contributed by atoms with van der Waals surface area (Å²) in [5.74, 6) is 0.945. The van der Waals surface area contributed by atoms with Crippen LogP contribution in [0.3, 0.4) is 0 Å². The number of nitrogens with two attached hydrogens (primary N) is 1. The van der Waals surface area contributed by atoms with Gasteiger partial charge in [-0.2, -0.15) is 0 Å². The Morgan fingerprint density at radius 1 is 1.05 bits per heavy atom. The first kappa shape index (κ1) is 14.1. The Balaban J connectivity index is 2.06. The highest BCUT2D eigenvalue weighted by Crippen LogP contribution is 2.25. The molecule has 2 rings (SSSR count). The topological polar surface area (TPSA) is 35.2 Å². The van der Waals surface area contributed by atoms with Crippen LogP contribution in [0.15, 0.2) is 53.0 Å². The molecule has 3 heteroatoms. The fraction of sp³-hybridized carbons (Fsp3) is 0.250. The molecule has 100 valence electrons. The van der Waals surface area contributed by atoms with Gasteiger partial charge < -0.3 is 10.5 Å². The van der Waals surface area contributed by atoms with E-state index in [9.17, 15) is 0 Å². The molecule has 0 saturated carbocycles. The molecule has 0 aliphatic heterocycles. The second kappa shape index (κ2) is 7.31. The van der Waals surface area contributed by atoms with Crippen LogP contribution in [0, 0.1) is 0 Å². The van der Waals surface area contributed by atoms with Gasteiger partial charge in [0.2, 0.25) is 0 Å². The summed E-state index contributed by atoms with van der Waals surface area (Å²) in [6, 6.07) is 16.3. The zero-order valence-electron chi connectivity index (χ0n) is 10.8. The molecule has 0 aliphatic carbocycles. The summed E-state index contributed by atoms with van der Waals surface area (Å²) in [5, 5.41) is 0. The van der Waals surface area contributed by atoms with Gasteiger partial charge in [-0.1, -0.05) is 46.3 Å². The molecule has 2 N–H and O–H groups in total. The summed E-state index contributed by atoms with van der Waals surface area (Å²) in [5.41, 5.74) is 7.96. The number of ether oxygens (including phenoxy) is 1. The highest BCUT2D eigenvalue weighted by atomic mass is 79.9. The molecule has 0 atom stereocenters. The fourth-order valence-corrected chi connectivity index (χ4v) is 2.32. The van der Waals surface area contributed by atoms with Crippen molar-refractivity contribution in [2.45, 2.75) is 19.4 Å². The number of halogens is 1. The Morgan fingerprint density at radius 2 is 1.84 bits per heavy atom. The predicted octanol–water partition coefficient (Wildman–Crippen LogP) is 3.92. The van der Waals surface area contributed by atoms with Gasteiger partial charge in [-0.15, -0.1) is 0 Å². The van der Waals surface area contributed by atoms with E-state index in [1.807, 2.05) is 30.3 Å². The van der Waals surface area contributed by atoms with Crippen molar-refractivity contribution in [1.29, 1.82) is 0 Å². The van der Waals surface area contributed by atoms with E-state index in [4.69, 9.17) is 10.5 Å². The van der Waals surface area contributed by atoms with Crippen molar-refractivity contribution >= 4 is 15.9 Å². The van der Waals surface area contributed by atoms with Crippen LogP contribution in [-0.2, 0) is 13.0 Å². The molecule has 0 aliphatic rings. The molecule has 19 heavy (non-hydrogen) atoms. The Bertz CT molecular complexity index is 513. The number of hydrogen-bond acceptors (Lipinski definition) is 2. The van der Waals surface area contributed by atoms with Gasteiger partial charge in [0, 0.05) is 4.47 Å². The molecular weight excluding hydrogens is 302 g/mol. The largest absolute Gasteiger partial charge is 0.489 e. The lowest BCUT2D eigenvalue weighted by atomic mass is 10.1. The summed E-state index contributed by atoms with van der Waals surface area (Å²) in [6.07, 6.45) is 1.91. The number of aryl methyl sites for hydroxylation is 1. The van der Waals surface area contributed by atoms with Gasteiger partial charge in [0.05, 0.1) is 0 Å². The number of hydrogen-bond donors (Lipinski definition) is 1. The Hall–Kier alpha value is -1.32. The molecule has 0 saturated heterocycles. The minimum Gasteiger partial charge on any atom is -0.489 e. The minimum atomic E-state index is 0.595. The third kappa shape index (κ3) is 4.37. The lowest BCUT2D eigenvalue weighted by Crippen LogP contribution is -2.03. The van der Waals surface area contributed by atoms with Crippen molar-refractivity contribution in [3.63, 3.8) is 0 Å². The standard InChI is InChI=1S/C16H18BrNO/c17-15-8-9-16(14(11-15)7-4-10-18)19-12-13-5-2-1-3-6-13/h1-3,5-6,8-9,11H,4,7,10,12,18H2. The van der Waals surface area contributed by atoms with Crippen molar-refractivity contribution in [1.82, 2.24) is 0 Å². The maximum atomic E-state index is 5.91. The first-order valence-corrected chi connectivity index (χ1v) is 7.24. The Labute approximate surface area is 122 Å². The van der Waals surface area contributed by atoms with Gasteiger partial charge in [0.15, 0.2) is 0 Å². The predicted molar refractivity (Wildman–Crippen MR) is 82.3 cm³/mol. The third-order valence-corrected chi connectivity index (χ3v) is 3.40. The average Bonchev–Trinajstić information content (AvgIpc) is 2.45. The molecule has 2 aromatic carbocycles. The SMILES string of the molecule is NCCCc1cc(Br)ccc1OCc1ccccc1. The quantitative estimate of drug-likeness (QED) is 0.875. The molecule has 0 heterocycles. The van der Waals surface area contributed by atoms with E-state index in [2.05, 4.69) is 34.1 Å². The molecule has 0 amide bonds. The van der Waals surface area contributed by atoms with Gasteiger partial charge in [-0.05, 0) is 48.7 Å². The van der Waals surface area contributed by atoms with Crippen LogP contribution in [0.1, 0.15) is 17.5 Å². The zero-order valence-corrected chi connectivity index (χ0v) is 12.4. The van der Waals surface area contributed by atoms with Crippen LogP contribution in [0.2, 0.25) is 0 Å². The smallest absolute Gasteiger partial charge is 0.123 e. The van der Waals surface area contributed by atoms with E-state index in [1.165, 1.54) is 11.1 Å². The molecule has 0 fully saturated rings. The van der Waals surface area contributed by atoms with E-state index in [1.54, 1.807) is 0 Å². The lowest BCUT2D eigenvalue weighted by Gasteiger charge is -2.12. The zero-order chi connectivity index (χ0) is 13.5. The molecule has 2 nitrogen and oxygen atoms in total. The molecule has 0 aromatic heterocycles. The lowest BCUT2D eigenvalue weighted by molar-refractivity contribution is 0.302. The van der Waals surface area contributed by atoms with Crippen LogP contribution in [0.5, 0.6) is 5.75 Å². The van der Waals surface area contributed by atoms with Crippen molar-refractivity contribution in [3.8, 4) is 5.75 Å². The Morgan fingerprint density at radius 3 is 2.58 bits per heavy atom. The second-order valence-corrected chi connectivity index (χ2v) is 5.33. The van der Waals surface area contributed by atoms with Gasteiger partial charge in [0.25, 0.3) is 0 Å². The van der Waals surface area contributed by atoms with Crippen LogP contribution in [0.25, 0.3) is 0 Å². The van der Waals surface area contributed by atoms with Gasteiger partial charge in [-0.3, -0.25) is 0 Å². The first-order valence-electron chi connectivity index (χ1n) is 6.45. The summed E-state index contributed by atoms with van der Waals surface area (Å²) < 4.78 is 6.99. The average molecular weight is 320 g/mol. The summed E-state index contributed by atoms with van der Waals surface area (Å²) in [6.45, 7) is 1.29. The third-order valence-electron chi connectivity index (χ3n) is 2.91. The maximum Gasteiger partial charge on any atom is 0.123 e. The highest BCUT2D eigenvalue weighted by Gasteiger charge is 2.05. The van der Waals surface area contributed by atoms with Gasteiger partial charge in [0.1, 0.15) is 12.4 Å². The van der Waals surface area contributed by atoms with E-state index in [-0.39, 0.29) is 0 Å². The normalized spacial score (nSPS) is 10.4. The van der Waals surface area contributed by atoms with Gasteiger partial charge >= 0.3 is 0 Å². The summed E-state index contributed by atoms with van der Waals surface area (Å²) in [7, 11) is 0. The first-order chi connectivity index (χ1) is 9.29. The molecular formula is C16H18BrNO. The van der Waals surface area contributed by atoms with Crippen LogP contribution < -0.4 is 10.5 Å². The van der Waals surface area contributed by atoms with Gasteiger partial charge in [-0.25, -0.2) is 0 Å². The fourth-order valence-electron chi connectivity index (χ4n) is 1.91. The molecule has 0 spiro atoms. The second-order valence-electron chi connectivity index (χ2n) is 4.42. The van der Waals surface area contributed by atoms with E-state index < -0.39 is 0 Å². The van der Waals surface area contributed by atoms with Crippen molar-refractivity contribution in [2.24, 2.45) is 5.73 Å². The molecule has 2 aromatic rings. The van der Waals surface area contributed by atoms with Crippen LogP contribution in [-0.4, -0.2) is 6.54 Å². The molecule has 0 unspecified atom stereocenters. The number of benzene rings is 2. The van der Waals surface area contributed by atoms with Crippen LogP contribution >= 0.6 is 15.9 Å².